The Morgan fingerprint density at radius 1 is 1.09 bits per heavy atom. The molecule has 5 heteroatoms. The number of pyridine rings is 1. The van der Waals surface area contributed by atoms with Gasteiger partial charge in [-0.25, -0.2) is 0 Å². The second-order valence-electron chi connectivity index (χ2n) is 13.3. The van der Waals surface area contributed by atoms with E-state index in [4.69, 9.17) is 0 Å². The van der Waals surface area contributed by atoms with Gasteiger partial charge in [0, 0.05) is 17.5 Å². The van der Waals surface area contributed by atoms with E-state index in [1.54, 1.807) is 6.20 Å². The molecule has 0 bridgehead atoms. The Morgan fingerprint density at radius 3 is 2.74 bits per heavy atom. The average molecular weight is 464 g/mol. The Bertz CT molecular complexity index is 1110. The van der Waals surface area contributed by atoms with E-state index < -0.39 is 5.60 Å². The predicted molar refractivity (Wildman–Crippen MR) is 133 cm³/mol. The summed E-state index contributed by atoms with van der Waals surface area (Å²) in [5, 5.41) is 16.3. The van der Waals surface area contributed by atoms with E-state index in [9.17, 15) is 9.90 Å². The quantitative estimate of drug-likeness (QED) is 0.638. The number of aliphatic hydroxyl groups is 1. The van der Waals surface area contributed by atoms with Crippen molar-refractivity contribution in [3.63, 3.8) is 0 Å². The number of fused-ring (bicyclic) bond motifs is 6. The highest BCUT2D eigenvalue weighted by Crippen LogP contribution is 2.69. The van der Waals surface area contributed by atoms with Crippen LogP contribution in [0.2, 0.25) is 0 Å². The number of nitrogens with zero attached hydrogens (tertiary/aromatic N) is 3. The number of hydrogen-bond acceptors (Lipinski definition) is 4. The number of carbonyl (C=O) groups is 1. The molecule has 0 spiro atoms. The molecule has 0 aliphatic heterocycles. The maximum absolute atomic E-state index is 13.8. The fourth-order valence-electron chi connectivity index (χ4n) is 9.77. The van der Waals surface area contributed by atoms with Crippen LogP contribution in [0, 0.1) is 46.3 Å². The van der Waals surface area contributed by atoms with E-state index >= 15 is 0 Å². The van der Waals surface area contributed by atoms with Crippen LogP contribution >= 0.6 is 0 Å². The lowest BCUT2D eigenvalue weighted by Crippen LogP contribution is -2.55. The van der Waals surface area contributed by atoms with Crippen molar-refractivity contribution in [2.75, 3.05) is 0 Å². The Balaban J connectivity index is 1.25. The van der Waals surface area contributed by atoms with Gasteiger partial charge in [-0.3, -0.25) is 14.5 Å². The minimum Gasteiger partial charge on any atom is -0.390 e. The third-order valence-corrected chi connectivity index (χ3v) is 11.4. The van der Waals surface area contributed by atoms with Gasteiger partial charge in [0.1, 0.15) is 6.54 Å². The SMILES string of the molecule is C[C@@H]1C[C@H]2[C@@H]3CC[C@H]4C[C@](C)(O)CC[C@]4(C)[C@H]3CC[C@]2(C)[C@H]1C(=O)Cn1ncc2ccncc21. The molecule has 0 amide bonds. The molecular weight excluding hydrogens is 422 g/mol. The van der Waals surface area contributed by atoms with Crippen LogP contribution in [0.15, 0.2) is 24.7 Å². The summed E-state index contributed by atoms with van der Waals surface area (Å²) in [4.78, 5) is 18.1. The van der Waals surface area contributed by atoms with E-state index in [-0.39, 0.29) is 11.3 Å². The van der Waals surface area contributed by atoms with Gasteiger partial charge < -0.3 is 5.11 Å². The summed E-state index contributed by atoms with van der Waals surface area (Å²) in [6.45, 7) is 9.72. The van der Waals surface area contributed by atoms with E-state index in [0.29, 0.717) is 35.5 Å². The van der Waals surface area contributed by atoms with Crippen molar-refractivity contribution in [1.82, 2.24) is 14.8 Å². The summed E-state index contributed by atoms with van der Waals surface area (Å²) in [5.74, 6) is 3.69. The molecule has 9 atom stereocenters. The summed E-state index contributed by atoms with van der Waals surface area (Å²) in [5.41, 5.74) is 0.929. The normalized spacial score (nSPS) is 46.0. The van der Waals surface area contributed by atoms with Gasteiger partial charge in [0.05, 0.1) is 23.5 Å². The Kier molecular flexibility index (Phi) is 5.09. The summed E-state index contributed by atoms with van der Waals surface area (Å²) in [6, 6.07) is 1.96. The topological polar surface area (TPSA) is 68.0 Å². The van der Waals surface area contributed by atoms with Gasteiger partial charge in [0.25, 0.3) is 0 Å². The van der Waals surface area contributed by atoms with Crippen LogP contribution in [-0.4, -0.2) is 31.3 Å². The number of rotatable bonds is 3. The molecule has 5 nitrogen and oxygen atoms in total. The highest BCUT2D eigenvalue weighted by molar-refractivity contribution is 5.85. The van der Waals surface area contributed by atoms with Crippen LogP contribution in [0.1, 0.15) is 79.1 Å². The van der Waals surface area contributed by atoms with E-state index in [1.165, 1.54) is 32.1 Å². The Labute approximate surface area is 203 Å². The van der Waals surface area contributed by atoms with Crippen LogP contribution in [0.4, 0.5) is 0 Å². The molecule has 2 aromatic heterocycles. The highest BCUT2D eigenvalue weighted by Gasteiger charge is 2.63. The Hall–Kier alpha value is -1.75. The van der Waals surface area contributed by atoms with Gasteiger partial charge in [-0.1, -0.05) is 20.8 Å². The predicted octanol–water partition coefficient (Wildman–Crippen LogP) is 5.66. The third-order valence-electron chi connectivity index (χ3n) is 11.4. The van der Waals surface area contributed by atoms with Crippen molar-refractivity contribution in [2.24, 2.45) is 46.3 Å². The molecular formula is C29H41N3O2. The first kappa shape index (κ1) is 22.7. The molecule has 4 aliphatic carbocycles. The first-order chi connectivity index (χ1) is 16.1. The summed E-state index contributed by atoms with van der Waals surface area (Å²) in [7, 11) is 0. The minimum atomic E-state index is -0.480. The molecule has 4 aliphatic rings. The van der Waals surface area contributed by atoms with Gasteiger partial charge in [-0.2, -0.15) is 5.10 Å². The van der Waals surface area contributed by atoms with Crippen molar-refractivity contribution in [3.8, 4) is 0 Å². The van der Waals surface area contributed by atoms with Crippen LogP contribution < -0.4 is 0 Å². The first-order valence-electron chi connectivity index (χ1n) is 13.6. The lowest BCUT2D eigenvalue weighted by Gasteiger charge is -2.61. The molecule has 6 rings (SSSR count). The zero-order valence-corrected chi connectivity index (χ0v) is 21.3. The third kappa shape index (κ3) is 3.25. The molecule has 2 heterocycles. The number of hydrogen-bond donors (Lipinski definition) is 1. The van der Waals surface area contributed by atoms with E-state index in [0.717, 1.165) is 42.0 Å². The fraction of sp³-hybridized carbons (Fsp3) is 0.759. The van der Waals surface area contributed by atoms with Crippen molar-refractivity contribution in [3.05, 3.63) is 24.7 Å². The molecule has 0 saturated heterocycles. The van der Waals surface area contributed by atoms with E-state index in [2.05, 4.69) is 30.9 Å². The lowest BCUT2D eigenvalue weighted by molar-refractivity contribution is -0.151. The number of carbonyl (C=O) groups excluding carboxylic acids is 1. The molecule has 4 fully saturated rings. The molecule has 0 aromatic carbocycles. The van der Waals surface area contributed by atoms with E-state index in [1.807, 2.05) is 30.1 Å². The number of ketones is 1. The average Bonchev–Trinajstić information content (AvgIpc) is 3.31. The molecule has 2 aromatic rings. The fourth-order valence-corrected chi connectivity index (χ4v) is 9.77. The molecule has 0 unspecified atom stereocenters. The van der Waals surface area contributed by atoms with Crippen LogP contribution in [0.25, 0.3) is 10.9 Å². The maximum atomic E-state index is 13.8. The standard InChI is InChI=1S/C29H41N3O2/c1-18-13-23-21-6-5-20-14-27(2,34)10-11-28(20,3)22(21)7-9-29(23,4)26(18)25(33)17-32-24-16-30-12-8-19(24)15-31-32/h8,12,15-16,18,20-23,26,34H,5-7,9-11,13-14,17H2,1-4H3/t18-,20+,21-,22+,23+,26-,27-,28+,29+/m1/s1. The number of aromatic nitrogens is 3. The maximum Gasteiger partial charge on any atom is 0.158 e. The van der Waals surface area contributed by atoms with Crippen LogP contribution in [0.3, 0.4) is 0 Å². The largest absolute Gasteiger partial charge is 0.390 e. The summed E-state index contributed by atoms with van der Waals surface area (Å²) < 4.78 is 1.86. The van der Waals surface area contributed by atoms with Crippen LogP contribution in [0.5, 0.6) is 0 Å². The van der Waals surface area contributed by atoms with Gasteiger partial charge in [0.2, 0.25) is 0 Å². The van der Waals surface area contributed by atoms with Crippen molar-refractivity contribution in [2.45, 2.75) is 91.2 Å². The number of Topliss-reactive ketones (excluding diaryl/α,β-unsaturated/α-hetero) is 1. The highest BCUT2D eigenvalue weighted by atomic mass is 16.3. The van der Waals surface area contributed by atoms with Crippen LogP contribution in [-0.2, 0) is 11.3 Å². The van der Waals surface area contributed by atoms with Gasteiger partial charge in [0.15, 0.2) is 5.78 Å². The second-order valence-corrected chi connectivity index (χ2v) is 13.3. The zero-order valence-electron chi connectivity index (χ0n) is 21.3. The van der Waals surface area contributed by atoms with Crippen molar-refractivity contribution >= 4 is 16.7 Å². The smallest absolute Gasteiger partial charge is 0.158 e. The zero-order chi connectivity index (χ0) is 23.9. The molecule has 1 N–H and O–H groups in total. The monoisotopic (exact) mass is 463 g/mol. The lowest BCUT2D eigenvalue weighted by atomic mass is 9.44. The molecule has 0 radical (unpaired) electrons. The second kappa shape index (κ2) is 7.62. The molecule has 4 saturated carbocycles. The Morgan fingerprint density at radius 2 is 1.91 bits per heavy atom. The summed E-state index contributed by atoms with van der Waals surface area (Å²) >= 11 is 0. The molecule has 34 heavy (non-hydrogen) atoms. The van der Waals surface area contributed by atoms with Gasteiger partial charge in [-0.05, 0) is 105 Å². The first-order valence-corrected chi connectivity index (χ1v) is 13.6. The summed E-state index contributed by atoms with van der Waals surface area (Å²) in [6.07, 6.45) is 14.7. The van der Waals surface area contributed by atoms with Crippen molar-refractivity contribution < 1.29 is 9.90 Å². The molecule has 184 valence electrons. The van der Waals surface area contributed by atoms with Gasteiger partial charge >= 0.3 is 0 Å². The minimum absolute atomic E-state index is 0.0994. The van der Waals surface area contributed by atoms with Crippen molar-refractivity contribution in [1.29, 1.82) is 0 Å². The van der Waals surface area contributed by atoms with Gasteiger partial charge in [-0.15, -0.1) is 0 Å².